The van der Waals surface area contributed by atoms with Crippen LogP contribution in [0.15, 0.2) is 23.6 Å². The third-order valence-electron chi connectivity index (χ3n) is 2.02. The number of ether oxygens (including phenoxy) is 1. The molecule has 0 atom stereocenters. The van der Waals surface area contributed by atoms with Gasteiger partial charge in [-0.25, -0.2) is 9.97 Å². The van der Waals surface area contributed by atoms with Crippen LogP contribution in [-0.4, -0.2) is 27.0 Å². The van der Waals surface area contributed by atoms with Crippen LogP contribution < -0.4 is 15.6 Å². The highest BCUT2D eigenvalue weighted by Gasteiger charge is 2.08. The Morgan fingerprint density at radius 2 is 2.31 bits per heavy atom. The molecule has 0 radical (unpaired) electrons. The lowest BCUT2D eigenvalue weighted by atomic mass is 10.4. The van der Waals surface area contributed by atoms with Gasteiger partial charge in [0.25, 0.3) is 5.56 Å². The lowest BCUT2D eigenvalue weighted by molar-refractivity contribution is 0.408. The van der Waals surface area contributed by atoms with Gasteiger partial charge in [-0.15, -0.1) is 0 Å². The number of hydrogen-bond donors (Lipinski definition) is 3. The van der Waals surface area contributed by atoms with Crippen molar-refractivity contribution in [3.63, 3.8) is 0 Å². The Labute approximate surface area is 90.9 Å². The highest BCUT2D eigenvalue weighted by Crippen LogP contribution is 2.14. The molecule has 0 spiro atoms. The minimum Gasteiger partial charge on any atom is -0.489 e. The molecule has 0 unspecified atom stereocenters. The van der Waals surface area contributed by atoms with E-state index in [0.29, 0.717) is 12.4 Å². The summed E-state index contributed by atoms with van der Waals surface area (Å²) in [5.41, 5.74) is 0.578. The predicted molar refractivity (Wildman–Crippen MR) is 57.3 cm³/mol. The molecule has 0 amide bonds. The fourth-order valence-electron chi connectivity index (χ4n) is 1.26. The van der Waals surface area contributed by atoms with Crippen LogP contribution in [0.2, 0.25) is 0 Å². The number of anilines is 1. The zero-order valence-electron chi connectivity index (χ0n) is 8.65. The van der Waals surface area contributed by atoms with Gasteiger partial charge in [0.15, 0.2) is 5.82 Å². The Morgan fingerprint density at radius 3 is 3.00 bits per heavy atom. The van der Waals surface area contributed by atoms with E-state index in [1.54, 1.807) is 12.5 Å². The standard InChI is InChI=1S/C9H11N5O2/c1-16-7-8(13-5-14-9(7)15)11-3-6-2-10-4-12-6/h2,4-5H,3H2,1H3,(H,10,12)(H2,11,13,14,15). The van der Waals surface area contributed by atoms with Gasteiger partial charge in [0, 0.05) is 6.20 Å². The number of rotatable bonds is 4. The zero-order valence-corrected chi connectivity index (χ0v) is 8.65. The number of nitrogens with one attached hydrogen (secondary N) is 3. The van der Waals surface area contributed by atoms with E-state index in [0.717, 1.165) is 5.69 Å². The molecule has 0 fully saturated rings. The van der Waals surface area contributed by atoms with Crippen LogP contribution in [0.25, 0.3) is 0 Å². The minimum absolute atomic E-state index is 0.169. The number of hydrogen-bond acceptors (Lipinski definition) is 5. The van der Waals surface area contributed by atoms with E-state index in [9.17, 15) is 4.79 Å². The minimum atomic E-state index is -0.315. The monoisotopic (exact) mass is 221 g/mol. The Kier molecular flexibility index (Phi) is 2.86. The fourth-order valence-corrected chi connectivity index (χ4v) is 1.26. The van der Waals surface area contributed by atoms with Crippen LogP contribution in [0.3, 0.4) is 0 Å². The topological polar surface area (TPSA) is 95.7 Å². The van der Waals surface area contributed by atoms with Crippen LogP contribution in [0.4, 0.5) is 5.82 Å². The summed E-state index contributed by atoms with van der Waals surface area (Å²) in [4.78, 5) is 24.6. The molecule has 0 aliphatic carbocycles. The molecule has 7 heteroatoms. The highest BCUT2D eigenvalue weighted by molar-refractivity contribution is 5.47. The van der Waals surface area contributed by atoms with Crippen molar-refractivity contribution in [3.05, 3.63) is 34.9 Å². The van der Waals surface area contributed by atoms with E-state index in [-0.39, 0.29) is 11.3 Å². The first-order valence-corrected chi connectivity index (χ1v) is 4.64. The number of imidazole rings is 1. The molecule has 0 bridgehead atoms. The van der Waals surface area contributed by atoms with Gasteiger partial charge in [0.1, 0.15) is 0 Å². The number of nitrogens with zero attached hydrogens (tertiary/aromatic N) is 2. The van der Waals surface area contributed by atoms with Crippen LogP contribution >= 0.6 is 0 Å². The zero-order chi connectivity index (χ0) is 11.4. The second-order valence-electron chi connectivity index (χ2n) is 3.04. The fraction of sp³-hybridized carbons (Fsp3) is 0.222. The van der Waals surface area contributed by atoms with E-state index < -0.39 is 0 Å². The van der Waals surface area contributed by atoms with Gasteiger partial charge >= 0.3 is 0 Å². The molecule has 0 aliphatic heterocycles. The first-order chi connectivity index (χ1) is 7.81. The van der Waals surface area contributed by atoms with Crippen LogP contribution in [0.1, 0.15) is 5.69 Å². The molecule has 0 saturated carbocycles. The summed E-state index contributed by atoms with van der Waals surface area (Å²) in [5.74, 6) is 0.572. The van der Waals surface area contributed by atoms with E-state index in [1.165, 1.54) is 13.4 Å². The summed E-state index contributed by atoms with van der Waals surface area (Å²) >= 11 is 0. The van der Waals surface area contributed by atoms with E-state index in [2.05, 4.69) is 25.3 Å². The largest absolute Gasteiger partial charge is 0.489 e. The third kappa shape index (κ3) is 2.02. The second-order valence-corrected chi connectivity index (χ2v) is 3.04. The normalized spacial score (nSPS) is 10.1. The number of aromatic amines is 2. The first-order valence-electron chi connectivity index (χ1n) is 4.64. The van der Waals surface area contributed by atoms with Crippen molar-refractivity contribution in [1.29, 1.82) is 0 Å². The van der Waals surface area contributed by atoms with Crippen LogP contribution in [-0.2, 0) is 6.54 Å². The third-order valence-corrected chi connectivity index (χ3v) is 2.02. The summed E-state index contributed by atoms with van der Waals surface area (Å²) in [6.07, 6.45) is 4.59. The summed E-state index contributed by atoms with van der Waals surface area (Å²) in [6.45, 7) is 0.493. The average molecular weight is 221 g/mol. The second kappa shape index (κ2) is 4.47. The van der Waals surface area contributed by atoms with Gasteiger partial charge in [-0.05, 0) is 0 Å². The van der Waals surface area contributed by atoms with Crippen molar-refractivity contribution >= 4 is 5.82 Å². The lowest BCUT2D eigenvalue weighted by Crippen LogP contribution is -2.14. The summed E-state index contributed by atoms with van der Waals surface area (Å²) in [7, 11) is 1.42. The van der Waals surface area contributed by atoms with Crippen molar-refractivity contribution in [2.24, 2.45) is 0 Å². The highest BCUT2D eigenvalue weighted by atomic mass is 16.5. The Bertz CT molecular complexity index is 505. The maximum atomic E-state index is 11.4. The summed E-state index contributed by atoms with van der Waals surface area (Å²) < 4.78 is 4.95. The molecular weight excluding hydrogens is 210 g/mol. The van der Waals surface area contributed by atoms with Crippen LogP contribution in [0.5, 0.6) is 5.75 Å². The van der Waals surface area contributed by atoms with Crippen LogP contribution in [0, 0.1) is 0 Å². The lowest BCUT2D eigenvalue weighted by Gasteiger charge is -2.07. The quantitative estimate of drug-likeness (QED) is 0.681. The van der Waals surface area contributed by atoms with Crippen molar-refractivity contribution < 1.29 is 4.74 Å². The molecule has 7 nitrogen and oxygen atoms in total. The van der Waals surface area contributed by atoms with E-state index in [1.807, 2.05) is 0 Å². The van der Waals surface area contributed by atoms with Crippen molar-refractivity contribution in [3.8, 4) is 5.75 Å². The molecule has 0 aliphatic rings. The van der Waals surface area contributed by atoms with Gasteiger partial charge in [0.2, 0.25) is 5.75 Å². The van der Waals surface area contributed by atoms with Crippen molar-refractivity contribution in [2.45, 2.75) is 6.54 Å². The number of aromatic nitrogens is 4. The van der Waals surface area contributed by atoms with Gasteiger partial charge in [-0.3, -0.25) is 4.79 Å². The summed E-state index contributed by atoms with van der Waals surface area (Å²) in [5, 5.41) is 2.98. The van der Waals surface area contributed by atoms with E-state index in [4.69, 9.17) is 4.74 Å². The molecule has 3 N–H and O–H groups in total. The van der Waals surface area contributed by atoms with Gasteiger partial charge < -0.3 is 20.0 Å². The molecule has 84 valence electrons. The average Bonchev–Trinajstić information content (AvgIpc) is 2.79. The van der Waals surface area contributed by atoms with E-state index >= 15 is 0 Å². The van der Waals surface area contributed by atoms with Gasteiger partial charge in [0.05, 0.1) is 32.0 Å². The number of methoxy groups -OCH3 is 1. The molecule has 2 heterocycles. The predicted octanol–water partition coefficient (Wildman–Crippen LogP) is 0.114. The molecular formula is C9H11N5O2. The molecule has 16 heavy (non-hydrogen) atoms. The van der Waals surface area contributed by atoms with Crippen molar-refractivity contribution in [2.75, 3.05) is 12.4 Å². The number of H-pyrrole nitrogens is 2. The maximum absolute atomic E-state index is 11.4. The Hall–Kier alpha value is -2.31. The summed E-state index contributed by atoms with van der Waals surface area (Å²) in [6, 6.07) is 0. The molecule has 0 saturated heterocycles. The van der Waals surface area contributed by atoms with Gasteiger partial charge in [-0.1, -0.05) is 0 Å². The molecule has 2 aromatic heterocycles. The molecule has 2 rings (SSSR count). The molecule has 0 aromatic carbocycles. The first kappa shape index (κ1) is 10.2. The Balaban J connectivity index is 2.15. The SMILES string of the molecule is COc1c(NCc2cnc[nH]2)nc[nH]c1=O. The Morgan fingerprint density at radius 1 is 1.44 bits per heavy atom. The van der Waals surface area contributed by atoms with Gasteiger partial charge in [-0.2, -0.15) is 0 Å². The van der Waals surface area contributed by atoms with Crippen molar-refractivity contribution in [1.82, 2.24) is 19.9 Å². The maximum Gasteiger partial charge on any atom is 0.295 e. The molecule has 2 aromatic rings. The smallest absolute Gasteiger partial charge is 0.295 e.